The number of fused-ring (bicyclic) bond motifs is 1. The summed E-state index contributed by atoms with van der Waals surface area (Å²) in [7, 11) is 0. The normalized spacial score (nSPS) is 11.0. The highest BCUT2D eigenvalue weighted by atomic mass is 35.5. The lowest BCUT2D eigenvalue weighted by Crippen LogP contribution is -2.05. The molecule has 0 heterocycles. The van der Waals surface area contributed by atoms with E-state index in [0.29, 0.717) is 11.6 Å². The smallest absolute Gasteiger partial charge is 0.123 e. The first kappa shape index (κ1) is 14.1. The summed E-state index contributed by atoms with van der Waals surface area (Å²) in [5.41, 5.74) is 8.65. The van der Waals surface area contributed by atoms with E-state index in [2.05, 4.69) is 0 Å². The molecule has 3 heteroatoms. The molecule has 106 valence electrons. The van der Waals surface area contributed by atoms with Crippen LogP contribution in [0, 0.1) is 5.82 Å². The van der Waals surface area contributed by atoms with E-state index in [4.69, 9.17) is 17.3 Å². The number of nitrogens with two attached hydrogens (primary N) is 1. The van der Waals surface area contributed by atoms with Crippen molar-refractivity contribution in [2.75, 3.05) is 6.54 Å². The van der Waals surface area contributed by atoms with Crippen LogP contribution in [0.15, 0.2) is 54.6 Å². The van der Waals surface area contributed by atoms with Crippen molar-refractivity contribution in [1.82, 2.24) is 0 Å². The van der Waals surface area contributed by atoms with Gasteiger partial charge < -0.3 is 5.73 Å². The Labute approximate surface area is 128 Å². The summed E-state index contributed by atoms with van der Waals surface area (Å²) in [5, 5.41) is 2.75. The average molecular weight is 300 g/mol. The maximum Gasteiger partial charge on any atom is 0.123 e. The molecule has 0 saturated heterocycles. The molecule has 3 rings (SSSR count). The zero-order valence-corrected chi connectivity index (χ0v) is 12.2. The van der Waals surface area contributed by atoms with Crippen LogP contribution in [0.3, 0.4) is 0 Å². The molecule has 2 N–H and O–H groups in total. The van der Waals surface area contributed by atoms with Gasteiger partial charge in [0.1, 0.15) is 5.82 Å². The molecule has 0 amide bonds. The molecule has 21 heavy (non-hydrogen) atoms. The van der Waals surface area contributed by atoms with Gasteiger partial charge in [-0.3, -0.25) is 0 Å². The van der Waals surface area contributed by atoms with E-state index >= 15 is 0 Å². The Kier molecular flexibility index (Phi) is 3.91. The predicted octanol–water partition coefficient (Wildman–Crippen LogP) is 4.80. The lowest BCUT2D eigenvalue weighted by Gasteiger charge is -2.14. The highest BCUT2D eigenvalue weighted by Crippen LogP contribution is 2.35. The molecular formula is C18H15ClFN. The average Bonchev–Trinajstić information content (AvgIpc) is 2.50. The van der Waals surface area contributed by atoms with Crippen LogP contribution in [-0.2, 0) is 6.42 Å². The monoisotopic (exact) mass is 299 g/mol. The van der Waals surface area contributed by atoms with Crippen LogP contribution in [0.1, 0.15) is 5.56 Å². The topological polar surface area (TPSA) is 26.0 Å². The molecule has 1 nitrogen and oxygen atoms in total. The van der Waals surface area contributed by atoms with E-state index < -0.39 is 0 Å². The summed E-state index contributed by atoms with van der Waals surface area (Å²) in [6, 6.07) is 16.4. The SMILES string of the molecule is NCCc1c(-c2cccc(F)c2)cc(Cl)c2ccccc12. The Hall–Kier alpha value is -1.90. The number of halogens is 2. The quantitative estimate of drug-likeness (QED) is 0.738. The second-order valence-electron chi connectivity index (χ2n) is 4.98. The van der Waals surface area contributed by atoms with Gasteiger partial charge in [-0.15, -0.1) is 0 Å². The highest BCUT2D eigenvalue weighted by molar-refractivity contribution is 6.36. The van der Waals surface area contributed by atoms with Gasteiger partial charge in [0.05, 0.1) is 0 Å². The molecule has 0 aliphatic rings. The third-order valence-electron chi connectivity index (χ3n) is 3.64. The Morgan fingerprint density at radius 2 is 1.71 bits per heavy atom. The molecular weight excluding hydrogens is 285 g/mol. The van der Waals surface area contributed by atoms with Gasteiger partial charge in [0.15, 0.2) is 0 Å². The summed E-state index contributed by atoms with van der Waals surface area (Å²) in [4.78, 5) is 0. The minimum absolute atomic E-state index is 0.254. The van der Waals surface area contributed by atoms with Gasteiger partial charge in [-0.05, 0) is 53.2 Å². The van der Waals surface area contributed by atoms with Crippen molar-refractivity contribution in [3.63, 3.8) is 0 Å². The number of hydrogen-bond acceptors (Lipinski definition) is 1. The van der Waals surface area contributed by atoms with Crippen LogP contribution >= 0.6 is 11.6 Å². The third-order valence-corrected chi connectivity index (χ3v) is 3.95. The molecule has 0 atom stereocenters. The molecule has 0 bridgehead atoms. The van der Waals surface area contributed by atoms with Gasteiger partial charge >= 0.3 is 0 Å². The Balaban J connectivity index is 2.33. The zero-order chi connectivity index (χ0) is 14.8. The van der Waals surface area contributed by atoms with Crippen molar-refractivity contribution in [2.45, 2.75) is 6.42 Å². The summed E-state index contributed by atoms with van der Waals surface area (Å²) < 4.78 is 13.5. The van der Waals surface area contributed by atoms with Gasteiger partial charge in [-0.1, -0.05) is 48.0 Å². The molecule has 3 aromatic rings. The second-order valence-corrected chi connectivity index (χ2v) is 5.39. The van der Waals surface area contributed by atoms with Crippen molar-refractivity contribution >= 4 is 22.4 Å². The van der Waals surface area contributed by atoms with Crippen molar-refractivity contribution < 1.29 is 4.39 Å². The van der Waals surface area contributed by atoms with Crippen LogP contribution in [0.4, 0.5) is 4.39 Å². The van der Waals surface area contributed by atoms with E-state index in [9.17, 15) is 4.39 Å². The molecule has 0 radical (unpaired) electrons. The maximum absolute atomic E-state index is 13.5. The minimum Gasteiger partial charge on any atom is -0.330 e. The first-order valence-corrected chi connectivity index (χ1v) is 7.24. The van der Waals surface area contributed by atoms with E-state index in [-0.39, 0.29) is 5.82 Å². The number of hydrogen-bond donors (Lipinski definition) is 1. The van der Waals surface area contributed by atoms with Gasteiger partial charge in [0, 0.05) is 10.4 Å². The Bertz CT molecular complexity index is 798. The van der Waals surface area contributed by atoms with E-state index in [1.807, 2.05) is 36.4 Å². The molecule has 0 fully saturated rings. The third kappa shape index (κ3) is 2.65. The summed E-state index contributed by atoms with van der Waals surface area (Å²) >= 11 is 6.40. The van der Waals surface area contributed by atoms with Gasteiger partial charge in [-0.25, -0.2) is 4.39 Å². The van der Waals surface area contributed by atoms with Crippen molar-refractivity contribution in [3.05, 3.63) is 71.0 Å². The number of benzene rings is 3. The van der Waals surface area contributed by atoms with Crippen LogP contribution < -0.4 is 5.73 Å². The zero-order valence-electron chi connectivity index (χ0n) is 11.4. The number of rotatable bonds is 3. The fourth-order valence-electron chi connectivity index (χ4n) is 2.72. The van der Waals surface area contributed by atoms with Gasteiger partial charge in [0.2, 0.25) is 0 Å². The van der Waals surface area contributed by atoms with E-state index in [0.717, 1.165) is 33.9 Å². The molecule has 3 aromatic carbocycles. The minimum atomic E-state index is -0.254. The Morgan fingerprint density at radius 1 is 0.952 bits per heavy atom. The summed E-state index contributed by atoms with van der Waals surface area (Å²) in [6.45, 7) is 0.536. The van der Waals surface area contributed by atoms with Crippen molar-refractivity contribution in [1.29, 1.82) is 0 Å². The molecule has 0 spiro atoms. The lowest BCUT2D eigenvalue weighted by molar-refractivity contribution is 0.628. The van der Waals surface area contributed by atoms with Crippen LogP contribution in [0.5, 0.6) is 0 Å². The first-order valence-electron chi connectivity index (χ1n) is 6.87. The molecule has 0 saturated carbocycles. The van der Waals surface area contributed by atoms with Crippen LogP contribution in [-0.4, -0.2) is 6.54 Å². The first-order chi connectivity index (χ1) is 10.2. The second kappa shape index (κ2) is 5.84. The van der Waals surface area contributed by atoms with E-state index in [1.54, 1.807) is 6.07 Å². The van der Waals surface area contributed by atoms with Crippen molar-refractivity contribution in [3.8, 4) is 11.1 Å². The Morgan fingerprint density at radius 3 is 2.43 bits per heavy atom. The fraction of sp³-hybridized carbons (Fsp3) is 0.111. The lowest BCUT2D eigenvalue weighted by atomic mass is 9.92. The summed E-state index contributed by atoms with van der Waals surface area (Å²) in [6.07, 6.45) is 0.726. The van der Waals surface area contributed by atoms with E-state index in [1.165, 1.54) is 12.1 Å². The molecule has 0 aromatic heterocycles. The largest absolute Gasteiger partial charge is 0.330 e. The van der Waals surface area contributed by atoms with Crippen LogP contribution in [0.25, 0.3) is 21.9 Å². The molecule has 0 aliphatic heterocycles. The standard InChI is InChI=1S/C18H15ClFN/c19-18-11-17(12-4-3-5-13(20)10-12)15(8-9-21)14-6-1-2-7-16(14)18/h1-7,10-11H,8-9,21H2. The van der Waals surface area contributed by atoms with Crippen molar-refractivity contribution in [2.24, 2.45) is 5.73 Å². The fourth-order valence-corrected chi connectivity index (χ4v) is 2.99. The van der Waals surface area contributed by atoms with Crippen LogP contribution in [0.2, 0.25) is 5.02 Å². The highest BCUT2D eigenvalue weighted by Gasteiger charge is 2.12. The van der Waals surface area contributed by atoms with Gasteiger partial charge in [-0.2, -0.15) is 0 Å². The molecule has 0 unspecified atom stereocenters. The maximum atomic E-state index is 13.5. The predicted molar refractivity (Wildman–Crippen MR) is 87.1 cm³/mol. The van der Waals surface area contributed by atoms with Gasteiger partial charge in [0.25, 0.3) is 0 Å². The molecule has 0 aliphatic carbocycles. The summed E-state index contributed by atoms with van der Waals surface area (Å²) in [5.74, 6) is -0.254.